The van der Waals surface area contributed by atoms with Crippen molar-refractivity contribution in [2.45, 2.75) is 63.5 Å². The molecule has 2 N–H and O–H groups in total. The first-order valence-electron chi connectivity index (χ1n) is 10.5. The van der Waals surface area contributed by atoms with Gasteiger partial charge in [-0.05, 0) is 74.3 Å². The number of hydrogen-bond donors (Lipinski definition) is 2. The Labute approximate surface area is 163 Å². The van der Waals surface area contributed by atoms with Crippen LogP contribution in [0.5, 0.6) is 0 Å². The summed E-state index contributed by atoms with van der Waals surface area (Å²) in [6.07, 6.45) is 6.97. The number of aryl methyl sites for hydroxylation is 1. The van der Waals surface area contributed by atoms with Gasteiger partial charge in [-0.3, -0.25) is 9.36 Å². The second kappa shape index (κ2) is 6.48. The Bertz CT molecular complexity index is 945. The van der Waals surface area contributed by atoms with Crippen molar-refractivity contribution >= 4 is 17.0 Å². The topological polar surface area (TPSA) is 84.3 Å². The van der Waals surface area contributed by atoms with E-state index in [9.17, 15) is 14.7 Å². The molecular formula is C22H28N2O4. The Morgan fingerprint density at radius 2 is 1.96 bits per heavy atom. The normalized spacial score (nSPS) is 33.5. The number of imidazole rings is 1. The van der Waals surface area contributed by atoms with Gasteiger partial charge in [0.15, 0.2) is 0 Å². The van der Waals surface area contributed by atoms with Gasteiger partial charge in [-0.2, -0.15) is 0 Å². The average molecular weight is 384 g/mol. The quantitative estimate of drug-likeness (QED) is 0.592. The molecule has 2 unspecified atom stereocenters. The molecule has 2 aromatic rings. The molecule has 150 valence electrons. The van der Waals surface area contributed by atoms with Crippen LogP contribution in [0.4, 0.5) is 0 Å². The predicted octanol–water partition coefficient (Wildman–Crippen LogP) is 2.98. The van der Waals surface area contributed by atoms with Crippen LogP contribution in [0, 0.1) is 17.3 Å². The van der Waals surface area contributed by atoms with Crippen molar-refractivity contribution in [3.63, 3.8) is 0 Å². The van der Waals surface area contributed by atoms with Crippen LogP contribution in [-0.4, -0.2) is 32.8 Å². The molecule has 4 aliphatic rings. The summed E-state index contributed by atoms with van der Waals surface area (Å²) in [5.74, 6) is 0.998. The summed E-state index contributed by atoms with van der Waals surface area (Å²) < 4.78 is 7.21. The molecule has 0 amide bonds. The van der Waals surface area contributed by atoms with E-state index in [-0.39, 0.29) is 17.1 Å². The van der Waals surface area contributed by atoms with Gasteiger partial charge in [-0.25, -0.2) is 4.79 Å². The number of nitrogens with zero attached hydrogens (tertiary/aromatic N) is 1. The van der Waals surface area contributed by atoms with Crippen LogP contribution >= 0.6 is 0 Å². The molecule has 2 atom stereocenters. The Morgan fingerprint density at radius 3 is 2.71 bits per heavy atom. The number of esters is 1. The highest BCUT2D eigenvalue weighted by atomic mass is 16.5. The third-order valence-corrected chi connectivity index (χ3v) is 7.14. The number of nitrogens with one attached hydrogen (secondary N) is 1. The van der Waals surface area contributed by atoms with Crippen LogP contribution in [0.15, 0.2) is 29.1 Å². The maximum absolute atomic E-state index is 12.5. The van der Waals surface area contributed by atoms with Gasteiger partial charge in [-0.15, -0.1) is 0 Å². The predicted molar refractivity (Wildman–Crippen MR) is 105 cm³/mol. The number of carbonyl (C=O) groups is 1. The van der Waals surface area contributed by atoms with Crippen LogP contribution in [-0.2, 0) is 16.1 Å². The summed E-state index contributed by atoms with van der Waals surface area (Å²) in [5, 5.41) is 10.8. The lowest BCUT2D eigenvalue weighted by molar-refractivity contribution is -0.176. The van der Waals surface area contributed by atoms with Gasteiger partial charge in [-0.1, -0.05) is 12.1 Å². The van der Waals surface area contributed by atoms with Crippen molar-refractivity contribution in [3.8, 4) is 0 Å². The molecule has 28 heavy (non-hydrogen) atoms. The average Bonchev–Trinajstić information content (AvgIpc) is 2.91. The monoisotopic (exact) mass is 384 g/mol. The highest BCUT2D eigenvalue weighted by molar-refractivity contribution is 5.74. The maximum Gasteiger partial charge on any atom is 0.326 e. The lowest BCUT2D eigenvalue weighted by Crippen LogP contribution is -2.56. The van der Waals surface area contributed by atoms with Gasteiger partial charge < -0.3 is 14.8 Å². The molecule has 0 spiro atoms. The summed E-state index contributed by atoms with van der Waals surface area (Å²) in [7, 11) is 0. The summed E-state index contributed by atoms with van der Waals surface area (Å²) in [4.78, 5) is 27.4. The van der Waals surface area contributed by atoms with E-state index < -0.39 is 5.60 Å². The van der Waals surface area contributed by atoms with Crippen LogP contribution in [0.1, 0.15) is 51.4 Å². The largest absolute Gasteiger partial charge is 0.466 e. The van der Waals surface area contributed by atoms with Crippen molar-refractivity contribution in [1.82, 2.24) is 9.55 Å². The van der Waals surface area contributed by atoms with Crippen LogP contribution in [0.25, 0.3) is 11.0 Å². The zero-order valence-electron chi connectivity index (χ0n) is 16.2. The minimum atomic E-state index is -0.541. The molecule has 4 aliphatic carbocycles. The Hall–Kier alpha value is -2.08. The molecule has 6 nitrogen and oxygen atoms in total. The summed E-state index contributed by atoms with van der Waals surface area (Å²) in [5.41, 5.74) is 0.976. The number of hydrogen-bond acceptors (Lipinski definition) is 4. The van der Waals surface area contributed by atoms with Gasteiger partial charge in [0.25, 0.3) is 0 Å². The second-order valence-corrected chi connectivity index (χ2v) is 9.54. The zero-order chi connectivity index (χ0) is 19.4. The summed E-state index contributed by atoms with van der Waals surface area (Å²) >= 11 is 0. The fraction of sp³-hybridized carbons (Fsp3) is 0.636. The molecule has 0 saturated heterocycles. The van der Waals surface area contributed by atoms with Gasteiger partial charge in [0.05, 0.1) is 29.7 Å². The van der Waals surface area contributed by atoms with Crippen molar-refractivity contribution in [2.75, 3.05) is 6.61 Å². The first kappa shape index (κ1) is 18.0. The molecule has 0 aliphatic heterocycles. The number of aromatic amines is 1. The number of fused-ring (bicyclic) bond motifs is 1. The molecule has 4 fully saturated rings. The second-order valence-electron chi connectivity index (χ2n) is 9.54. The molecule has 0 radical (unpaired) electrons. The van der Waals surface area contributed by atoms with E-state index in [0.29, 0.717) is 37.8 Å². The Kier molecular flexibility index (Phi) is 4.16. The minimum absolute atomic E-state index is 0.0519. The van der Waals surface area contributed by atoms with Crippen molar-refractivity contribution in [2.24, 2.45) is 17.3 Å². The van der Waals surface area contributed by atoms with Crippen molar-refractivity contribution in [3.05, 3.63) is 34.7 Å². The molecule has 6 rings (SSSR count). The standard InChI is InChI=1S/C22H28N2O4/c25-19(13-21-9-15-8-16(10-21)12-22(27,11-15)14-21)28-7-3-6-24-18-5-2-1-4-17(18)23-20(24)26/h1-2,4-5,15-16,27H,3,6-14H2,(H,23,26). The third kappa shape index (κ3) is 3.17. The number of carbonyl (C=O) groups excluding carboxylic acids is 1. The number of aliphatic hydroxyl groups is 1. The Balaban J connectivity index is 1.15. The van der Waals surface area contributed by atoms with Crippen LogP contribution in [0.3, 0.4) is 0 Å². The van der Waals surface area contributed by atoms with E-state index in [4.69, 9.17) is 4.74 Å². The molecule has 6 heteroatoms. The number of H-pyrrole nitrogens is 1. The van der Waals surface area contributed by atoms with E-state index in [2.05, 4.69) is 4.98 Å². The highest BCUT2D eigenvalue weighted by Crippen LogP contribution is 2.62. The smallest absolute Gasteiger partial charge is 0.326 e. The van der Waals surface area contributed by atoms with E-state index in [1.807, 2.05) is 24.3 Å². The van der Waals surface area contributed by atoms with Crippen molar-refractivity contribution < 1.29 is 14.6 Å². The molecular weight excluding hydrogens is 356 g/mol. The third-order valence-electron chi connectivity index (χ3n) is 7.14. The van der Waals surface area contributed by atoms with E-state index in [1.54, 1.807) is 4.57 Å². The van der Waals surface area contributed by atoms with Crippen LogP contribution < -0.4 is 5.69 Å². The Morgan fingerprint density at radius 1 is 1.21 bits per heavy atom. The molecule has 1 aromatic heterocycles. The number of rotatable bonds is 6. The highest BCUT2D eigenvalue weighted by Gasteiger charge is 2.57. The van der Waals surface area contributed by atoms with Gasteiger partial charge in [0, 0.05) is 6.54 Å². The molecule has 4 bridgehead atoms. The minimum Gasteiger partial charge on any atom is -0.466 e. The lowest BCUT2D eigenvalue weighted by Gasteiger charge is -2.60. The zero-order valence-corrected chi connectivity index (χ0v) is 16.2. The molecule has 4 saturated carbocycles. The van der Waals surface area contributed by atoms with Gasteiger partial charge in [0.2, 0.25) is 0 Å². The number of ether oxygens (including phenoxy) is 1. The van der Waals surface area contributed by atoms with Crippen molar-refractivity contribution in [1.29, 1.82) is 0 Å². The maximum atomic E-state index is 12.5. The number of benzene rings is 1. The molecule has 1 aromatic carbocycles. The van der Waals surface area contributed by atoms with E-state index >= 15 is 0 Å². The first-order valence-corrected chi connectivity index (χ1v) is 10.5. The first-order chi connectivity index (χ1) is 13.4. The fourth-order valence-electron chi connectivity index (χ4n) is 6.70. The molecule has 1 heterocycles. The fourth-order valence-corrected chi connectivity index (χ4v) is 6.70. The van der Waals surface area contributed by atoms with Crippen LogP contribution in [0.2, 0.25) is 0 Å². The SMILES string of the molecule is O=C(CC12CC3CC(CC(O)(C3)C1)C2)OCCCn1c(=O)[nH]c2ccccc21. The summed E-state index contributed by atoms with van der Waals surface area (Å²) in [6.45, 7) is 0.836. The lowest BCUT2D eigenvalue weighted by atomic mass is 9.47. The van der Waals surface area contributed by atoms with Gasteiger partial charge >= 0.3 is 11.7 Å². The van der Waals surface area contributed by atoms with E-state index in [1.165, 1.54) is 6.42 Å². The van der Waals surface area contributed by atoms with Gasteiger partial charge in [0.1, 0.15) is 0 Å². The van der Waals surface area contributed by atoms with E-state index in [0.717, 1.165) is 43.1 Å². The number of aromatic nitrogens is 2. The number of para-hydroxylation sites is 2. The summed E-state index contributed by atoms with van der Waals surface area (Å²) in [6, 6.07) is 7.60.